The van der Waals surface area contributed by atoms with Crippen LogP contribution in [-0.2, 0) is 0 Å². The third-order valence-corrected chi connectivity index (χ3v) is 4.37. The van der Waals surface area contributed by atoms with Gasteiger partial charge in [0.15, 0.2) is 0 Å². The van der Waals surface area contributed by atoms with Gasteiger partial charge in [-0.3, -0.25) is 9.59 Å². The summed E-state index contributed by atoms with van der Waals surface area (Å²) in [5, 5.41) is 5.15. The molecule has 0 radical (unpaired) electrons. The van der Waals surface area contributed by atoms with Crippen LogP contribution in [0.2, 0.25) is 0 Å². The number of rotatable bonds is 4. The highest BCUT2D eigenvalue weighted by Crippen LogP contribution is 2.24. The molecule has 0 aliphatic heterocycles. The predicted octanol–water partition coefficient (Wildman–Crippen LogP) is 3.47. The minimum Gasteiger partial charge on any atom is -0.366 e. The molecule has 6 heteroatoms. The molecule has 5 nitrogen and oxygen atoms in total. The zero-order valence-electron chi connectivity index (χ0n) is 12.9. The summed E-state index contributed by atoms with van der Waals surface area (Å²) in [5.74, 6) is -0.970. The standard InChI is InChI=1S/C18H15N3O2S/c1-11-6-8-12(9-7-11)18-21-15(10-24-18)17(23)20-14-5-3-2-4-13(14)16(19)22/h2-10H,1H3,(H2,19,22)(H,20,23). The Morgan fingerprint density at radius 1 is 1.08 bits per heavy atom. The van der Waals surface area contributed by atoms with Gasteiger partial charge in [0.1, 0.15) is 10.7 Å². The predicted molar refractivity (Wildman–Crippen MR) is 95.2 cm³/mol. The smallest absolute Gasteiger partial charge is 0.275 e. The fourth-order valence-electron chi connectivity index (χ4n) is 2.20. The average molecular weight is 337 g/mol. The summed E-state index contributed by atoms with van der Waals surface area (Å²) in [5.41, 5.74) is 8.38. The Hall–Kier alpha value is -2.99. The molecule has 2 aromatic carbocycles. The second-order valence-corrected chi connectivity index (χ2v) is 6.13. The molecular weight excluding hydrogens is 322 g/mol. The Morgan fingerprint density at radius 3 is 2.50 bits per heavy atom. The van der Waals surface area contributed by atoms with Gasteiger partial charge in [-0.05, 0) is 19.1 Å². The van der Waals surface area contributed by atoms with Gasteiger partial charge in [0.05, 0.1) is 11.3 Å². The van der Waals surface area contributed by atoms with Gasteiger partial charge in [-0.15, -0.1) is 11.3 Å². The van der Waals surface area contributed by atoms with Crippen molar-refractivity contribution in [3.8, 4) is 10.6 Å². The first-order chi connectivity index (χ1) is 11.5. The van der Waals surface area contributed by atoms with Gasteiger partial charge in [0, 0.05) is 10.9 Å². The molecule has 0 saturated carbocycles. The summed E-state index contributed by atoms with van der Waals surface area (Å²) in [6.07, 6.45) is 0. The summed E-state index contributed by atoms with van der Waals surface area (Å²) < 4.78 is 0. The van der Waals surface area contributed by atoms with E-state index in [4.69, 9.17) is 5.73 Å². The molecular formula is C18H15N3O2S. The monoisotopic (exact) mass is 337 g/mol. The van der Waals surface area contributed by atoms with Crippen molar-refractivity contribution in [2.75, 3.05) is 5.32 Å². The van der Waals surface area contributed by atoms with Crippen LogP contribution in [0.25, 0.3) is 10.6 Å². The van der Waals surface area contributed by atoms with E-state index in [2.05, 4.69) is 10.3 Å². The molecule has 0 atom stereocenters. The first-order valence-electron chi connectivity index (χ1n) is 7.27. The normalized spacial score (nSPS) is 10.4. The number of hydrogen-bond acceptors (Lipinski definition) is 4. The lowest BCUT2D eigenvalue weighted by molar-refractivity contribution is 0.100. The molecule has 1 heterocycles. The summed E-state index contributed by atoms with van der Waals surface area (Å²) in [6, 6.07) is 14.5. The summed E-state index contributed by atoms with van der Waals surface area (Å²) in [6.45, 7) is 2.01. The molecule has 3 aromatic rings. The maximum atomic E-state index is 12.4. The van der Waals surface area contributed by atoms with Crippen molar-refractivity contribution in [3.63, 3.8) is 0 Å². The van der Waals surface area contributed by atoms with Crippen LogP contribution < -0.4 is 11.1 Å². The number of nitrogens with zero attached hydrogens (tertiary/aromatic N) is 1. The Kier molecular flexibility index (Phi) is 4.39. The Bertz CT molecular complexity index is 901. The number of carbonyl (C=O) groups is 2. The average Bonchev–Trinajstić information content (AvgIpc) is 3.06. The fourth-order valence-corrected chi connectivity index (χ4v) is 3.01. The first kappa shape index (κ1) is 15.9. The van der Waals surface area contributed by atoms with E-state index in [1.165, 1.54) is 11.3 Å². The number of primary amides is 1. The van der Waals surface area contributed by atoms with Crippen LogP contribution in [0.4, 0.5) is 5.69 Å². The number of anilines is 1. The van der Waals surface area contributed by atoms with Crippen LogP contribution in [0, 0.1) is 6.92 Å². The molecule has 24 heavy (non-hydrogen) atoms. The second-order valence-electron chi connectivity index (χ2n) is 5.27. The molecule has 120 valence electrons. The summed E-state index contributed by atoms with van der Waals surface area (Å²) in [4.78, 5) is 28.2. The summed E-state index contributed by atoms with van der Waals surface area (Å²) in [7, 11) is 0. The van der Waals surface area contributed by atoms with E-state index in [9.17, 15) is 9.59 Å². The van der Waals surface area contributed by atoms with Crippen molar-refractivity contribution in [2.45, 2.75) is 6.92 Å². The SMILES string of the molecule is Cc1ccc(-c2nc(C(=O)Nc3ccccc3C(N)=O)cs2)cc1. The van der Waals surface area contributed by atoms with Gasteiger partial charge in [-0.2, -0.15) is 0 Å². The number of amides is 2. The highest BCUT2D eigenvalue weighted by atomic mass is 32.1. The molecule has 0 fully saturated rings. The van der Waals surface area contributed by atoms with E-state index in [0.29, 0.717) is 11.4 Å². The molecule has 1 aromatic heterocycles. The number of carbonyl (C=O) groups excluding carboxylic acids is 2. The van der Waals surface area contributed by atoms with E-state index in [1.807, 2.05) is 31.2 Å². The van der Waals surface area contributed by atoms with Gasteiger partial charge >= 0.3 is 0 Å². The fraction of sp³-hybridized carbons (Fsp3) is 0.0556. The third-order valence-electron chi connectivity index (χ3n) is 3.48. The zero-order valence-corrected chi connectivity index (χ0v) is 13.8. The number of hydrogen-bond donors (Lipinski definition) is 2. The van der Waals surface area contributed by atoms with Crippen LogP contribution in [0.1, 0.15) is 26.4 Å². The topological polar surface area (TPSA) is 85.1 Å². The van der Waals surface area contributed by atoms with Crippen LogP contribution in [0.5, 0.6) is 0 Å². The number of aromatic nitrogens is 1. The molecule has 0 unspecified atom stereocenters. The number of thiazole rings is 1. The molecule has 0 aliphatic carbocycles. The minimum atomic E-state index is -0.593. The third kappa shape index (κ3) is 3.33. The van der Waals surface area contributed by atoms with Crippen LogP contribution >= 0.6 is 11.3 Å². The summed E-state index contributed by atoms with van der Waals surface area (Å²) >= 11 is 1.39. The molecule has 2 amide bonds. The van der Waals surface area contributed by atoms with Crippen LogP contribution in [0.15, 0.2) is 53.9 Å². The molecule has 0 spiro atoms. The lowest BCUT2D eigenvalue weighted by Gasteiger charge is -2.07. The van der Waals surface area contributed by atoms with Crippen LogP contribution in [-0.4, -0.2) is 16.8 Å². The van der Waals surface area contributed by atoms with Gasteiger partial charge in [-0.25, -0.2) is 4.98 Å². The van der Waals surface area contributed by atoms with Crippen molar-refractivity contribution < 1.29 is 9.59 Å². The molecule has 3 rings (SSSR count). The largest absolute Gasteiger partial charge is 0.366 e. The van der Waals surface area contributed by atoms with Gasteiger partial charge in [-0.1, -0.05) is 42.0 Å². The number of nitrogens with one attached hydrogen (secondary N) is 1. The molecule has 0 bridgehead atoms. The highest BCUT2D eigenvalue weighted by Gasteiger charge is 2.15. The number of benzene rings is 2. The first-order valence-corrected chi connectivity index (χ1v) is 8.15. The molecule has 3 N–H and O–H groups in total. The number of nitrogens with two attached hydrogens (primary N) is 1. The van der Waals surface area contributed by atoms with Gasteiger partial charge in [0.2, 0.25) is 0 Å². The van der Waals surface area contributed by atoms with Crippen molar-refractivity contribution in [1.29, 1.82) is 0 Å². The van der Waals surface area contributed by atoms with Crippen molar-refractivity contribution in [2.24, 2.45) is 5.73 Å². The zero-order chi connectivity index (χ0) is 17.1. The number of para-hydroxylation sites is 1. The number of aryl methyl sites for hydroxylation is 1. The minimum absolute atomic E-state index is 0.264. The highest BCUT2D eigenvalue weighted by molar-refractivity contribution is 7.13. The maximum Gasteiger partial charge on any atom is 0.275 e. The van der Waals surface area contributed by atoms with Crippen molar-refractivity contribution >= 4 is 28.8 Å². The molecule has 0 saturated heterocycles. The van der Waals surface area contributed by atoms with Gasteiger partial charge < -0.3 is 11.1 Å². The lowest BCUT2D eigenvalue weighted by atomic mass is 10.1. The van der Waals surface area contributed by atoms with E-state index in [0.717, 1.165) is 16.1 Å². The van der Waals surface area contributed by atoms with Crippen molar-refractivity contribution in [3.05, 3.63) is 70.7 Å². The van der Waals surface area contributed by atoms with E-state index >= 15 is 0 Å². The van der Waals surface area contributed by atoms with E-state index < -0.39 is 5.91 Å². The lowest BCUT2D eigenvalue weighted by Crippen LogP contribution is -2.18. The van der Waals surface area contributed by atoms with Crippen molar-refractivity contribution in [1.82, 2.24) is 4.98 Å². The second kappa shape index (κ2) is 6.64. The van der Waals surface area contributed by atoms with E-state index in [1.54, 1.807) is 29.6 Å². The molecule has 0 aliphatic rings. The maximum absolute atomic E-state index is 12.4. The van der Waals surface area contributed by atoms with E-state index in [-0.39, 0.29) is 11.5 Å². The van der Waals surface area contributed by atoms with Crippen LogP contribution in [0.3, 0.4) is 0 Å². The quantitative estimate of drug-likeness (QED) is 0.764. The van der Waals surface area contributed by atoms with Gasteiger partial charge in [0.25, 0.3) is 11.8 Å². The Balaban J connectivity index is 1.82. The Labute approximate surface area is 143 Å². The Morgan fingerprint density at radius 2 is 1.79 bits per heavy atom.